The van der Waals surface area contributed by atoms with Crippen molar-refractivity contribution in [2.45, 2.75) is 13.8 Å². The van der Waals surface area contributed by atoms with E-state index in [1.165, 1.54) is 25.3 Å². The third-order valence-corrected chi connectivity index (χ3v) is 2.84. The minimum atomic E-state index is -0.498. The van der Waals surface area contributed by atoms with Crippen LogP contribution in [-0.4, -0.2) is 17.7 Å². The monoisotopic (exact) mass is 301 g/mol. The molecule has 7 heteroatoms. The van der Waals surface area contributed by atoms with Gasteiger partial charge in [-0.05, 0) is 31.2 Å². The fourth-order valence-corrected chi connectivity index (χ4v) is 1.82. The molecule has 0 aliphatic carbocycles. The van der Waals surface area contributed by atoms with Gasteiger partial charge in [0.2, 0.25) is 5.91 Å². The summed E-state index contributed by atoms with van der Waals surface area (Å²) in [5.74, 6) is -0.750. The maximum atomic E-state index is 12.0. The summed E-state index contributed by atoms with van der Waals surface area (Å²) in [6, 6.07) is 7.87. The molecule has 0 atom stereocenters. The van der Waals surface area contributed by atoms with Crippen LogP contribution >= 0.6 is 0 Å². The SMILES string of the molecule is CC(=O)Nc1cccc(C(=O)NNC(=O)c2ccoc2C)c1. The van der Waals surface area contributed by atoms with Gasteiger partial charge in [0, 0.05) is 18.2 Å². The molecule has 1 aromatic carbocycles. The average molecular weight is 301 g/mol. The van der Waals surface area contributed by atoms with Crippen molar-refractivity contribution in [3.63, 3.8) is 0 Å². The van der Waals surface area contributed by atoms with Crippen LogP contribution in [0.3, 0.4) is 0 Å². The number of anilines is 1. The Kier molecular flexibility index (Phi) is 4.57. The molecule has 2 rings (SSSR count). The lowest BCUT2D eigenvalue weighted by molar-refractivity contribution is -0.114. The van der Waals surface area contributed by atoms with Gasteiger partial charge in [-0.25, -0.2) is 0 Å². The summed E-state index contributed by atoms with van der Waals surface area (Å²) in [7, 11) is 0. The van der Waals surface area contributed by atoms with Gasteiger partial charge in [0.25, 0.3) is 11.8 Å². The van der Waals surface area contributed by atoms with Crippen molar-refractivity contribution in [3.8, 4) is 0 Å². The molecular formula is C15H15N3O4. The van der Waals surface area contributed by atoms with Gasteiger partial charge in [0.05, 0.1) is 11.8 Å². The van der Waals surface area contributed by atoms with Crippen molar-refractivity contribution >= 4 is 23.4 Å². The number of hydrazine groups is 1. The van der Waals surface area contributed by atoms with E-state index in [0.29, 0.717) is 22.6 Å². The first-order chi connectivity index (χ1) is 10.5. The van der Waals surface area contributed by atoms with Gasteiger partial charge in [-0.3, -0.25) is 25.2 Å². The molecule has 0 aliphatic heterocycles. The highest BCUT2D eigenvalue weighted by atomic mass is 16.3. The number of benzene rings is 1. The van der Waals surface area contributed by atoms with E-state index in [1.54, 1.807) is 25.1 Å². The summed E-state index contributed by atoms with van der Waals surface area (Å²) in [5.41, 5.74) is 5.74. The predicted octanol–water partition coefficient (Wildman–Crippen LogP) is 1.62. The highest BCUT2D eigenvalue weighted by molar-refractivity contribution is 6.00. The van der Waals surface area contributed by atoms with E-state index in [2.05, 4.69) is 16.2 Å². The van der Waals surface area contributed by atoms with Crippen LogP contribution in [0, 0.1) is 6.92 Å². The zero-order valence-electron chi connectivity index (χ0n) is 12.1. The summed E-state index contributed by atoms with van der Waals surface area (Å²) in [6.07, 6.45) is 1.39. The van der Waals surface area contributed by atoms with Gasteiger partial charge in [-0.1, -0.05) is 6.07 Å². The fraction of sp³-hybridized carbons (Fsp3) is 0.133. The molecule has 1 aromatic heterocycles. The van der Waals surface area contributed by atoms with Gasteiger partial charge in [-0.2, -0.15) is 0 Å². The Morgan fingerprint density at radius 2 is 1.77 bits per heavy atom. The molecule has 22 heavy (non-hydrogen) atoms. The Balaban J connectivity index is 1.99. The second-order valence-corrected chi connectivity index (χ2v) is 4.56. The van der Waals surface area contributed by atoms with Crippen molar-refractivity contribution in [3.05, 3.63) is 53.5 Å². The maximum Gasteiger partial charge on any atom is 0.273 e. The number of furan rings is 1. The van der Waals surface area contributed by atoms with Crippen LogP contribution < -0.4 is 16.2 Å². The number of carbonyl (C=O) groups is 3. The minimum Gasteiger partial charge on any atom is -0.469 e. The van der Waals surface area contributed by atoms with Crippen LogP contribution in [0.15, 0.2) is 41.0 Å². The van der Waals surface area contributed by atoms with E-state index >= 15 is 0 Å². The molecule has 0 saturated carbocycles. The number of carbonyl (C=O) groups excluding carboxylic acids is 3. The number of aryl methyl sites for hydroxylation is 1. The zero-order chi connectivity index (χ0) is 16.1. The van der Waals surface area contributed by atoms with Crippen LogP contribution in [0.4, 0.5) is 5.69 Å². The van der Waals surface area contributed by atoms with Crippen molar-refractivity contribution in [2.75, 3.05) is 5.32 Å². The van der Waals surface area contributed by atoms with Gasteiger partial charge in [-0.15, -0.1) is 0 Å². The molecule has 0 radical (unpaired) electrons. The van der Waals surface area contributed by atoms with E-state index in [1.807, 2.05) is 0 Å². The highest BCUT2D eigenvalue weighted by Gasteiger charge is 2.13. The van der Waals surface area contributed by atoms with E-state index in [0.717, 1.165) is 0 Å². The molecule has 0 unspecified atom stereocenters. The Morgan fingerprint density at radius 1 is 1.05 bits per heavy atom. The Bertz CT molecular complexity index is 721. The largest absolute Gasteiger partial charge is 0.469 e. The Hall–Kier alpha value is -3.09. The Labute approximate surface area is 126 Å². The lowest BCUT2D eigenvalue weighted by Gasteiger charge is -2.08. The molecule has 0 saturated heterocycles. The van der Waals surface area contributed by atoms with Gasteiger partial charge < -0.3 is 9.73 Å². The molecular weight excluding hydrogens is 286 g/mol. The Morgan fingerprint density at radius 3 is 2.41 bits per heavy atom. The first-order valence-corrected chi connectivity index (χ1v) is 6.50. The van der Waals surface area contributed by atoms with Gasteiger partial charge in [0.15, 0.2) is 0 Å². The second-order valence-electron chi connectivity index (χ2n) is 4.56. The summed E-state index contributed by atoms with van der Waals surface area (Å²) >= 11 is 0. The minimum absolute atomic E-state index is 0.235. The molecule has 2 aromatic rings. The third-order valence-electron chi connectivity index (χ3n) is 2.84. The number of hydrogen-bond acceptors (Lipinski definition) is 4. The number of amides is 3. The van der Waals surface area contributed by atoms with E-state index in [4.69, 9.17) is 4.42 Å². The molecule has 1 heterocycles. The lowest BCUT2D eigenvalue weighted by atomic mass is 10.2. The zero-order valence-corrected chi connectivity index (χ0v) is 12.1. The third kappa shape index (κ3) is 3.72. The first kappa shape index (κ1) is 15.3. The van der Waals surface area contributed by atoms with Crippen LogP contribution in [0.25, 0.3) is 0 Å². The number of hydrogen-bond donors (Lipinski definition) is 3. The maximum absolute atomic E-state index is 12.0. The quantitative estimate of drug-likeness (QED) is 0.750. The topological polar surface area (TPSA) is 100 Å². The smallest absolute Gasteiger partial charge is 0.273 e. The molecule has 114 valence electrons. The highest BCUT2D eigenvalue weighted by Crippen LogP contribution is 2.11. The molecule has 0 bridgehead atoms. The van der Waals surface area contributed by atoms with Crippen LogP contribution in [0.2, 0.25) is 0 Å². The average Bonchev–Trinajstić information content (AvgIpc) is 2.90. The summed E-state index contributed by atoms with van der Waals surface area (Å²) in [6.45, 7) is 3.02. The summed E-state index contributed by atoms with van der Waals surface area (Å²) < 4.78 is 5.02. The number of nitrogens with one attached hydrogen (secondary N) is 3. The predicted molar refractivity (Wildman–Crippen MR) is 79.1 cm³/mol. The van der Waals surface area contributed by atoms with E-state index in [-0.39, 0.29) is 5.91 Å². The van der Waals surface area contributed by atoms with E-state index in [9.17, 15) is 14.4 Å². The lowest BCUT2D eigenvalue weighted by Crippen LogP contribution is -2.41. The summed E-state index contributed by atoms with van der Waals surface area (Å²) in [4.78, 5) is 34.8. The van der Waals surface area contributed by atoms with E-state index < -0.39 is 11.8 Å². The van der Waals surface area contributed by atoms with Gasteiger partial charge >= 0.3 is 0 Å². The number of rotatable bonds is 3. The second kappa shape index (κ2) is 6.57. The van der Waals surface area contributed by atoms with Crippen LogP contribution in [-0.2, 0) is 4.79 Å². The molecule has 0 aliphatic rings. The van der Waals surface area contributed by atoms with Gasteiger partial charge in [0.1, 0.15) is 5.76 Å². The van der Waals surface area contributed by atoms with Crippen LogP contribution in [0.1, 0.15) is 33.4 Å². The molecule has 3 N–H and O–H groups in total. The molecule has 7 nitrogen and oxygen atoms in total. The van der Waals surface area contributed by atoms with Crippen molar-refractivity contribution < 1.29 is 18.8 Å². The fourth-order valence-electron chi connectivity index (χ4n) is 1.82. The summed E-state index contributed by atoms with van der Waals surface area (Å²) in [5, 5.41) is 2.58. The van der Waals surface area contributed by atoms with Crippen molar-refractivity contribution in [1.82, 2.24) is 10.9 Å². The molecule has 0 spiro atoms. The van der Waals surface area contributed by atoms with Crippen molar-refractivity contribution in [1.29, 1.82) is 0 Å². The van der Waals surface area contributed by atoms with Crippen LogP contribution in [0.5, 0.6) is 0 Å². The normalized spacial score (nSPS) is 9.91. The van der Waals surface area contributed by atoms with Crippen molar-refractivity contribution in [2.24, 2.45) is 0 Å². The molecule has 3 amide bonds. The molecule has 0 fully saturated rings. The first-order valence-electron chi connectivity index (χ1n) is 6.50. The standard InChI is InChI=1S/C15H15N3O4/c1-9-13(6-7-22-9)15(21)18-17-14(20)11-4-3-5-12(8-11)16-10(2)19/h3-8H,1-2H3,(H,16,19)(H,17,20)(H,18,21).